The zero-order valence-electron chi connectivity index (χ0n) is 7.44. The van der Waals surface area contributed by atoms with E-state index in [-0.39, 0.29) is 0 Å². The maximum atomic E-state index is 9.59. The number of aliphatic hydroxyl groups excluding tert-OH is 2. The minimum atomic E-state index is -1.53. The maximum absolute atomic E-state index is 9.59. The lowest BCUT2D eigenvalue weighted by molar-refractivity contribution is -0.168. The van der Waals surface area contributed by atoms with Crippen molar-refractivity contribution in [2.24, 2.45) is 0 Å². The van der Waals surface area contributed by atoms with Gasteiger partial charge in [0.2, 0.25) is 0 Å². The molecule has 1 rings (SSSR count). The summed E-state index contributed by atoms with van der Waals surface area (Å²) in [4.78, 5) is 0. The lowest BCUT2D eigenvalue weighted by Crippen LogP contribution is -2.42. The zero-order chi connectivity index (χ0) is 10.1. The lowest BCUT2D eigenvalue weighted by atomic mass is 10.1. The van der Waals surface area contributed by atoms with Crippen LogP contribution in [0.4, 0.5) is 0 Å². The van der Waals surface area contributed by atoms with Gasteiger partial charge in [-0.3, -0.25) is 0 Å². The minimum absolute atomic E-state index is 0.505. The van der Waals surface area contributed by atoms with Gasteiger partial charge in [-0.1, -0.05) is 11.6 Å². The van der Waals surface area contributed by atoms with Crippen LogP contribution < -0.4 is 0 Å². The van der Waals surface area contributed by atoms with Crippen molar-refractivity contribution in [3.05, 3.63) is 0 Å². The van der Waals surface area contributed by atoms with E-state index in [4.69, 9.17) is 30.9 Å². The second-order valence-electron chi connectivity index (χ2n) is 2.81. The fraction of sp³-hybridized carbons (Fsp3) is 1.00. The van der Waals surface area contributed by atoms with Crippen molar-refractivity contribution in [1.29, 1.82) is 0 Å². The van der Waals surface area contributed by atoms with Crippen LogP contribution >= 0.6 is 11.6 Å². The van der Waals surface area contributed by atoms with Gasteiger partial charge < -0.3 is 24.4 Å². The summed E-state index contributed by atoms with van der Waals surface area (Å²) in [7, 11) is 2.81. The minimum Gasteiger partial charge on any atom is -0.392 e. The van der Waals surface area contributed by atoms with Gasteiger partial charge in [0.25, 0.3) is 0 Å². The zero-order valence-corrected chi connectivity index (χ0v) is 8.19. The molecular weight excluding hydrogens is 200 g/mol. The van der Waals surface area contributed by atoms with E-state index in [1.807, 2.05) is 0 Å². The fourth-order valence-electron chi connectivity index (χ4n) is 1.28. The summed E-state index contributed by atoms with van der Waals surface area (Å²) < 4.78 is 14.9. The third-order valence-electron chi connectivity index (χ3n) is 2.05. The van der Waals surface area contributed by atoms with E-state index in [0.29, 0.717) is 0 Å². The number of alkyl halides is 1. The number of aliphatic hydroxyl groups is 2. The summed E-state index contributed by atoms with van der Waals surface area (Å²) in [6, 6.07) is 0. The number of methoxy groups -OCH3 is 2. The molecule has 1 heterocycles. The molecule has 0 spiro atoms. The molecule has 0 aromatic heterocycles. The predicted molar refractivity (Wildman–Crippen MR) is 44.4 cm³/mol. The molecule has 0 aliphatic carbocycles. The van der Waals surface area contributed by atoms with Gasteiger partial charge in [-0.2, -0.15) is 0 Å². The molecule has 5 nitrogen and oxygen atoms in total. The van der Waals surface area contributed by atoms with Gasteiger partial charge in [-0.05, 0) is 0 Å². The third kappa shape index (κ3) is 1.81. The van der Waals surface area contributed by atoms with Crippen molar-refractivity contribution in [1.82, 2.24) is 0 Å². The number of ether oxygens (including phenoxy) is 3. The molecule has 6 heteroatoms. The molecule has 2 N–H and O–H groups in total. The van der Waals surface area contributed by atoms with Crippen LogP contribution in [0.5, 0.6) is 0 Å². The average molecular weight is 213 g/mol. The normalized spacial score (nSPS) is 45.5. The molecule has 78 valence electrons. The molecule has 1 aliphatic heterocycles. The molecule has 0 radical (unpaired) electrons. The van der Waals surface area contributed by atoms with Crippen molar-refractivity contribution in [2.75, 3.05) is 20.8 Å². The smallest absolute Gasteiger partial charge is 0.196 e. The van der Waals surface area contributed by atoms with Crippen LogP contribution in [0.3, 0.4) is 0 Å². The molecule has 0 aromatic carbocycles. The van der Waals surface area contributed by atoms with Crippen LogP contribution in [-0.4, -0.2) is 54.6 Å². The summed E-state index contributed by atoms with van der Waals surface area (Å²) in [5.74, 6) is 0. The average Bonchev–Trinajstić information content (AvgIpc) is 2.40. The monoisotopic (exact) mass is 212 g/mol. The van der Waals surface area contributed by atoms with Gasteiger partial charge in [0.1, 0.15) is 12.2 Å². The molecule has 1 fully saturated rings. The van der Waals surface area contributed by atoms with Crippen LogP contribution in [0.25, 0.3) is 0 Å². The van der Waals surface area contributed by atoms with E-state index in [2.05, 4.69) is 0 Å². The highest BCUT2D eigenvalue weighted by atomic mass is 35.5. The second-order valence-corrected chi connectivity index (χ2v) is 3.45. The highest BCUT2D eigenvalue weighted by Crippen LogP contribution is 2.35. The summed E-state index contributed by atoms with van der Waals surface area (Å²) >= 11 is 5.77. The highest BCUT2D eigenvalue weighted by Gasteiger charge is 2.54. The van der Waals surface area contributed by atoms with Crippen molar-refractivity contribution in [3.63, 3.8) is 0 Å². The number of hydrogen-bond donors (Lipinski definition) is 2. The molecule has 0 aromatic rings. The largest absolute Gasteiger partial charge is 0.392 e. The van der Waals surface area contributed by atoms with Crippen LogP contribution in [0, 0.1) is 0 Å². The first kappa shape index (κ1) is 11.2. The molecule has 1 saturated heterocycles. The Labute approximate surface area is 81.2 Å². The van der Waals surface area contributed by atoms with E-state index in [0.717, 1.165) is 0 Å². The first-order chi connectivity index (χ1) is 6.09. The van der Waals surface area contributed by atoms with Crippen LogP contribution in [0.1, 0.15) is 0 Å². The van der Waals surface area contributed by atoms with E-state index in [1.165, 1.54) is 14.2 Å². The Balaban J connectivity index is 2.76. The molecular formula is C7H13ClO5. The summed E-state index contributed by atoms with van der Waals surface area (Å²) in [6.45, 7) is -0.505. The summed E-state index contributed by atoms with van der Waals surface area (Å²) in [5, 5.41) is 17.0. The maximum Gasteiger partial charge on any atom is 0.196 e. The summed E-state index contributed by atoms with van der Waals surface area (Å²) in [6.07, 6.45) is -2.56. The molecule has 13 heavy (non-hydrogen) atoms. The Kier molecular flexibility index (Phi) is 3.50. The predicted octanol–water partition coefficient (Wildman–Crippen LogP) is -0.708. The fourth-order valence-corrected chi connectivity index (χ4v) is 1.49. The topological polar surface area (TPSA) is 68.2 Å². The van der Waals surface area contributed by atoms with Crippen LogP contribution in [0.15, 0.2) is 0 Å². The third-order valence-corrected chi connectivity index (χ3v) is 2.49. The molecule has 0 saturated carbocycles. The Morgan fingerprint density at radius 2 is 2.08 bits per heavy atom. The molecule has 1 aliphatic rings. The van der Waals surface area contributed by atoms with Crippen LogP contribution in [-0.2, 0) is 14.2 Å². The van der Waals surface area contributed by atoms with E-state index in [1.54, 1.807) is 0 Å². The molecule has 0 amide bonds. The first-order valence-corrected chi connectivity index (χ1v) is 4.18. The van der Waals surface area contributed by atoms with Gasteiger partial charge in [0.05, 0.1) is 6.61 Å². The lowest BCUT2D eigenvalue weighted by Gasteiger charge is -2.21. The van der Waals surface area contributed by atoms with E-state index >= 15 is 0 Å². The van der Waals surface area contributed by atoms with E-state index in [9.17, 15) is 5.11 Å². The van der Waals surface area contributed by atoms with E-state index < -0.39 is 30.2 Å². The Morgan fingerprint density at radius 1 is 1.46 bits per heavy atom. The Bertz CT molecular complexity index is 178. The first-order valence-electron chi connectivity index (χ1n) is 3.80. The van der Waals surface area contributed by atoms with Crippen molar-refractivity contribution < 1.29 is 24.4 Å². The Hall–Kier alpha value is 0.0900. The quantitative estimate of drug-likeness (QED) is 0.605. The SMILES string of the molecule is COC1O[C@](Cl)(CO)[C@@H](O)[C@H]1OC. The highest BCUT2D eigenvalue weighted by molar-refractivity contribution is 6.23. The standard InChI is InChI=1S/C7H13ClO5/c1-11-4-5(10)7(8,3-9)13-6(4)12-2/h4-6,9-10H,3H2,1-2H3/t4-,5+,6?,7-/m1/s1. The van der Waals surface area contributed by atoms with Gasteiger partial charge in [-0.25, -0.2) is 0 Å². The number of rotatable bonds is 3. The second kappa shape index (κ2) is 4.08. The van der Waals surface area contributed by atoms with Crippen molar-refractivity contribution in [3.8, 4) is 0 Å². The number of hydrogen-bond acceptors (Lipinski definition) is 5. The van der Waals surface area contributed by atoms with Gasteiger partial charge >= 0.3 is 0 Å². The molecule has 1 unspecified atom stereocenters. The van der Waals surface area contributed by atoms with Crippen LogP contribution in [0.2, 0.25) is 0 Å². The number of halogens is 1. The molecule has 0 bridgehead atoms. The van der Waals surface area contributed by atoms with Gasteiger partial charge in [0, 0.05) is 14.2 Å². The summed E-state index contributed by atoms with van der Waals surface area (Å²) in [5.41, 5.74) is 0. The van der Waals surface area contributed by atoms with Crippen molar-refractivity contribution >= 4 is 11.6 Å². The van der Waals surface area contributed by atoms with Crippen molar-refractivity contribution in [2.45, 2.75) is 23.6 Å². The van der Waals surface area contributed by atoms with Gasteiger partial charge in [-0.15, -0.1) is 0 Å². The Morgan fingerprint density at radius 3 is 2.38 bits per heavy atom. The molecule has 4 atom stereocenters. The van der Waals surface area contributed by atoms with Gasteiger partial charge in [0.15, 0.2) is 11.4 Å².